The van der Waals surface area contributed by atoms with Gasteiger partial charge in [-0.15, -0.1) is 11.3 Å². The standard InChI is InChI=1S/C21H24N2O6S/c1-2-28-16-7-5-15(6-8-16)18(24)9-10-20(26)29-14-19(25)23-21(27)22-12-11-17-4-3-13-30-17/h3-8,13H,2,9-12,14H2,1H3,(H2,22,23,25,27). The molecule has 1 aromatic carbocycles. The van der Waals surface area contributed by atoms with Crippen LogP contribution in [0.5, 0.6) is 5.75 Å². The van der Waals surface area contributed by atoms with Crippen LogP contribution in [0.4, 0.5) is 4.79 Å². The SMILES string of the molecule is CCOc1ccc(C(=O)CCC(=O)OCC(=O)NC(=O)NCCc2cccs2)cc1. The van der Waals surface area contributed by atoms with Crippen LogP contribution in [0.15, 0.2) is 41.8 Å². The molecule has 2 aromatic rings. The second-order valence-electron chi connectivity index (χ2n) is 6.17. The summed E-state index contributed by atoms with van der Waals surface area (Å²) in [6.07, 6.45) is 0.459. The lowest BCUT2D eigenvalue weighted by atomic mass is 10.1. The maximum absolute atomic E-state index is 12.1. The molecular weight excluding hydrogens is 408 g/mol. The van der Waals surface area contributed by atoms with E-state index < -0.39 is 24.5 Å². The Labute approximate surface area is 178 Å². The minimum absolute atomic E-state index is 0.0440. The zero-order valence-corrected chi connectivity index (χ0v) is 17.5. The number of imide groups is 1. The fraction of sp³-hybridized carbons (Fsp3) is 0.333. The van der Waals surface area contributed by atoms with Gasteiger partial charge in [-0.1, -0.05) is 6.07 Å². The number of rotatable bonds is 11. The average Bonchev–Trinajstić information content (AvgIpc) is 3.25. The van der Waals surface area contributed by atoms with E-state index in [0.717, 1.165) is 4.88 Å². The molecular formula is C21H24N2O6S. The van der Waals surface area contributed by atoms with Gasteiger partial charge in [-0.05, 0) is 49.1 Å². The highest BCUT2D eigenvalue weighted by molar-refractivity contribution is 7.09. The van der Waals surface area contributed by atoms with Gasteiger partial charge in [-0.25, -0.2) is 4.79 Å². The van der Waals surface area contributed by atoms with Gasteiger partial charge in [0.05, 0.1) is 13.0 Å². The summed E-state index contributed by atoms with van der Waals surface area (Å²) in [5, 5.41) is 6.57. The van der Waals surface area contributed by atoms with Crippen molar-refractivity contribution < 1.29 is 28.7 Å². The lowest BCUT2D eigenvalue weighted by Crippen LogP contribution is -2.42. The van der Waals surface area contributed by atoms with Crippen LogP contribution in [0.25, 0.3) is 0 Å². The molecule has 0 saturated carbocycles. The molecule has 0 fully saturated rings. The van der Waals surface area contributed by atoms with Gasteiger partial charge in [0.2, 0.25) is 0 Å². The molecule has 3 amide bonds. The molecule has 1 aromatic heterocycles. The Morgan fingerprint density at radius 1 is 1.03 bits per heavy atom. The molecule has 0 atom stereocenters. The third-order valence-corrected chi connectivity index (χ3v) is 4.83. The molecule has 30 heavy (non-hydrogen) atoms. The van der Waals surface area contributed by atoms with Crippen molar-refractivity contribution in [2.24, 2.45) is 0 Å². The van der Waals surface area contributed by atoms with E-state index in [0.29, 0.717) is 30.9 Å². The maximum Gasteiger partial charge on any atom is 0.321 e. The molecule has 0 bridgehead atoms. The van der Waals surface area contributed by atoms with Gasteiger partial charge in [0.25, 0.3) is 5.91 Å². The Hall–Kier alpha value is -3.20. The number of ketones is 1. The molecule has 0 aliphatic rings. The number of hydrogen-bond acceptors (Lipinski definition) is 7. The molecule has 2 rings (SSSR count). The number of thiophene rings is 1. The van der Waals surface area contributed by atoms with E-state index in [1.807, 2.05) is 24.4 Å². The van der Waals surface area contributed by atoms with E-state index >= 15 is 0 Å². The molecule has 0 aliphatic heterocycles. The van der Waals surface area contributed by atoms with Crippen molar-refractivity contribution in [3.05, 3.63) is 52.2 Å². The summed E-state index contributed by atoms with van der Waals surface area (Å²) in [5.74, 6) is -0.989. The zero-order chi connectivity index (χ0) is 21.8. The third-order valence-electron chi connectivity index (χ3n) is 3.90. The van der Waals surface area contributed by atoms with Crippen LogP contribution in [0.3, 0.4) is 0 Å². The Morgan fingerprint density at radius 3 is 2.47 bits per heavy atom. The van der Waals surface area contributed by atoms with Crippen LogP contribution in [0.2, 0.25) is 0 Å². The van der Waals surface area contributed by atoms with E-state index in [-0.39, 0.29) is 18.6 Å². The summed E-state index contributed by atoms with van der Waals surface area (Å²) in [7, 11) is 0. The minimum Gasteiger partial charge on any atom is -0.494 e. The van der Waals surface area contributed by atoms with Crippen molar-refractivity contribution in [2.45, 2.75) is 26.2 Å². The number of esters is 1. The van der Waals surface area contributed by atoms with Gasteiger partial charge in [0.15, 0.2) is 12.4 Å². The number of Topliss-reactive ketones (excluding diaryl/α,β-unsaturated/α-hetero) is 1. The van der Waals surface area contributed by atoms with Crippen molar-refractivity contribution in [1.29, 1.82) is 0 Å². The van der Waals surface area contributed by atoms with E-state index in [1.165, 1.54) is 0 Å². The second-order valence-corrected chi connectivity index (χ2v) is 7.21. The van der Waals surface area contributed by atoms with Crippen molar-refractivity contribution in [2.75, 3.05) is 19.8 Å². The van der Waals surface area contributed by atoms with E-state index in [1.54, 1.807) is 35.6 Å². The smallest absolute Gasteiger partial charge is 0.321 e. The summed E-state index contributed by atoms with van der Waals surface area (Å²) in [6.45, 7) is 2.19. The number of hydrogen-bond donors (Lipinski definition) is 2. The van der Waals surface area contributed by atoms with Crippen LogP contribution in [-0.4, -0.2) is 43.4 Å². The first kappa shape index (κ1) is 23.1. The summed E-state index contributed by atoms with van der Waals surface area (Å²) in [5.41, 5.74) is 0.461. The highest BCUT2D eigenvalue weighted by Crippen LogP contribution is 2.14. The fourth-order valence-corrected chi connectivity index (χ4v) is 3.15. The summed E-state index contributed by atoms with van der Waals surface area (Å²) >= 11 is 1.58. The average molecular weight is 432 g/mol. The van der Waals surface area contributed by atoms with E-state index in [4.69, 9.17) is 9.47 Å². The quantitative estimate of drug-likeness (QED) is 0.417. The lowest BCUT2D eigenvalue weighted by molar-refractivity contribution is -0.148. The first-order valence-corrected chi connectivity index (χ1v) is 10.4. The zero-order valence-electron chi connectivity index (χ0n) is 16.6. The number of ether oxygens (including phenoxy) is 2. The van der Waals surface area contributed by atoms with Gasteiger partial charge < -0.3 is 14.8 Å². The Bertz CT molecular complexity index is 849. The van der Waals surface area contributed by atoms with Gasteiger partial charge in [0.1, 0.15) is 5.75 Å². The molecule has 2 N–H and O–H groups in total. The number of carbonyl (C=O) groups is 4. The highest BCUT2D eigenvalue weighted by atomic mass is 32.1. The predicted molar refractivity (Wildman–Crippen MR) is 112 cm³/mol. The highest BCUT2D eigenvalue weighted by Gasteiger charge is 2.13. The largest absolute Gasteiger partial charge is 0.494 e. The maximum atomic E-state index is 12.1. The molecule has 9 heteroatoms. The molecule has 0 saturated heterocycles. The fourth-order valence-electron chi connectivity index (χ4n) is 2.44. The van der Waals surface area contributed by atoms with Gasteiger partial charge in [-0.2, -0.15) is 0 Å². The molecule has 0 spiro atoms. The topological polar surface area (TPSA) is 111 Å². The molecule has 8 nitrogen and oxygen atoms in total. The van der Waals surface area contributed by atoms with Crippen molar-refractivity contribution in [3.63, 3.8) is 0 Å². The van der Waals surface area contributed by atoms with Crippen molar-refractivity contribution >= 4 is 35.0 Å². The summed E-state index contributed by atoms with van der Waals surface area (Å²) < 4.78 is 10.1. The number of urea groups is 1. The van der Waals surface area contributed by atoms with Crippen LogP contribution < -0.4 is 15.4 Å². The molecule has 160 valence electrons. The summed E-state index contributed by atoms with van der Waals surface area (Å²) in [4.78, 5) is 48.3. The van der Waals surface area contributed by atoms with Gasteiger partial charge in [-0.3, -0.25) is 19.7 Å². The van der Waals surface area contributed by atoms with Gasteiger partial charge >= 0.3 is 12.0 Å². The Kier molecular flexibility index (Phi) is 9.53. The normalized spacial score (nSPS) is 10.2. The van der Waals surface area contributed by atoms with Crippen LogP contribution >= 0.6 is 11.3 Å². The van der Waals surface area contributed by atoms with Crippen molar-refractivity contribution in [1.82, 2.24) is 10.6 Å². The number of amides is 3. The predicted octanol–water partition coefficient (Wildman–Crippen LogP) is 2.72. The Morgan fingerprint density at radius 2 is 1.80 bits per heavy atom. The lowest BCUT2D eigenvalue weighted by Gasteiger charge is -2.07. The first-order chi connectivity index (χ1) is 14.5. The monoisotopic (exact) mass is 432 g/mol. The third kappa shape index (κ3) is 8.44. The molecule has 0 unspecified atom stereocenters. The van der Waals surface area contributed by atoms with Gasteiger partial charge in [0, 0.05) is 23.4 Å². The van der Waals surface area contributed by atoms with E-state index in [2.05, 4.69) is 10.6 Å². The van der Waals surface area contributed by atoms with E-state index in [9.17, 15) is 19.2 Å². The first-order valence-electron chi connectivity index (χ1n) is 9.49. The molecule has 0 aliphatic carbocycles. The Balaban J connectivity index is 1.60. The van der Waals surface area contributed by atoms with Crippen LogP contribution in [0.1, 0.15) is 35.0 Å². The van der Waals surface area contributed by atoms with Crippen LogP contribution in [-0.2, 0) is 20.7 Å². The minimum atomic E-state index is -0.741. The molecule has 0 radical (unpaired) electrons. The number of benzene rings is 1. The molecule has 1 heterocycles. The second kappa shape index (κ2) is 12.4. The van der Waals surface area contributed by atoms with Crippen molar-refractivity contribution in [3.8, 4) is 5.75 Å². The van der Waals surface area contributed by atoms with Crippen LogP contribution in [0, 0.1) is 0 Å². The number of nitrogens with one attached hydrogen (secondary N) is 2. The number of carbonyl (C=O) groups excluding carboxylic acids is 4. The summed E-state index contributed by atoms with van der Waals surface area (Å²) in [6, 6.07) is 9.85.